The Bertz CT molecular complexity index is 481. The standard InChI is InChI=1S/C9H12N6S/c1-4-5(2)16-9(12-4)15-7-3-6(10)13-8(11)14-7/h3H,1-2H3,(H5,10,11,12,13,14,15). The molecule has 0 radical (unpaired) electrons. The van der Waals surface area contributed by atoms with Crippen LogP contribution in [0.2, 0.25) is 0 Å². The van der Waals surface area contributed by atoms with Crippen molar-refractivity contribution in [2.75, 3.05) is 16.8 Å². The lowest BCUT2D eigenvalue weighted by molar-refractivity contribution is 1.18. The first-order chi connectivity index (χ1) is 7.54. The monoisotopic (exact) mass is 236 g/mol. The molecule has 16 heavy (non-hydrogen) atoms. The van der Waals surface area contributed by atoms with Crippen LogP contribution in [0.5, 0.6) is 0 Å². The number of nitrogens with two attached hydrogens (primary N) is 2. The van der Waals surface area contributed by atoms with Gasteiger partial charge in [-0.2, -0.15) is 9.97 Å². The molecular weight excluding hydrogens is 224 g/mol. The van der Waals surface area contributed by atoms with Crippen molar-refractivity contribution in [3.8, 4) is 0 Å². The maximum absolute atomic E-state index is 5.56. The molecule has 0 unspecified atom stereocenters. The number of aromatic nitrogens is 3. The minimum Gasteiger partial charge on any atom is -0.383 e. The van der Waals surface area contributed by atoms with E-state index in [1.807, 2.05) is 13.8 Å². The van der Waals surface area contributed by atoms with Crippen molar-refractivity contribution in [3.05, 3.63) is 16.6 Å². The molecule has 0 saturated heterocycles. The van der Waals surface area contributed by atoms with Gasteiger partial charge in [-0.3, -0.25) is 0 Å². The van der Waals surface area contributed by atoms with Gasteiger partial charge in [0.1, 0.15) is 11.6 Å². The van der Waals surface area contributed by atoms with Crippen LogP contribution in [-0.2, 0) is 0 Å². The summed E-state index contributed by atoms with van der Waals surface area (Å²) in [7, 11) is 0. The van der Waals surface area contributed by atoms with E-state index in [1.54, 1.807) is 17.4 Å². The van der Waals surface area contributed by atoms with Crippen LogP contribution in [0.1, 0.15) is 10.6 Å². The molecule has 0 amide bonds. The van der Waals surface area contributed by atoms with Gasteiger partial charge in [-0.1, -0.05) is 0 Å². The molecule has 0 fully saturated rings. The zero-order valence-corrected chi connectivity index (χ0v) is 9.80. The number of hydrogen-bond acceptors (Lipinski definition) is 7. The van der Waals surface area contributed by atoms with Crippen LogP contribution < -0.4 is 16.8 Å². The first-order valence-corrected chi connectivity index (χ1v) is 5.47. The lowest BCUT2D eigenvalue weighted by Gasteiger charge is -2.02. The van der Waals surface area contributed by atoms with Crippen LogP contribution in [0.4, 0.5) is 22.7 Å². The number of nitrogens with zero attached hydrogens (tertiary/aromatic N) is 3. The Hall–Kier alpha value is -1.89. The third kappa shape index (κ3) is 2.19. The average Bonchev–Trinajstić information content (AvgIpc) is 2.43. The van der Waals surface area contributed by atoms with Crippen LogP contribution >= 0.6 is 11.3 Å². The van der Waals surface area contributed by atoms with Crippen LogP contribution in [0, 0.1) is 13.8 Å². The minimum absolute atomic E-state index is 0.146. The van der Waals surface area contributed by atoms with Gasteiger partial charge in [0.2, 0.25) is 5.95 Å². The smallest absolute Gasteiger partial charge is 0.223 e. The fourth-order valence-corrected chi connectivity index (χ4v) is 2.01. The maximum Gasteiger partial charge on any atom is 0.223 e. The lowest BCUT2D eigenvalue weighted by atomic mass is 10.4. The molecule has 0 aromatic carbocycles. The van der Waals surface area contributed by atoms with E-state index in [1.165, 1.54) is 0 Å². The molecule has 84 valence electrons. The van der Waals surface area contributed by atoms with Gasteiger partial charge < -0.3 is 16.8 Å². The fraction of sp³-hybridized carbons (Fsp3) is 0.222. The molecule has 0 spiro atoms. The van der Waals surface area contributed by atoms with Crippen molar-refractivity contribution in [1.82, 2.24) is 15.0 Å². The van der Waals surface area contributed by atoms with Gasteiger partial charge >= 0.3 is 0 Å². The molecule has 0 bridgehead atoms. The van der Waals surface area contributed by atoms with Crippen LogP contribution in [-0.4, -0.2) is 15.0 Å². The Morgan fingerprint density at radius 2 is 1.94 bits per heavy atom. The summed E-state index contributed by atoms with van der Waals surface area (Å²) in [5.41, 5.74) is 12.1. The highest BCUT2D eigenvalue weighted by atomic mass is 32.1. The number of nitrogen functional groups attached to an aromatic ring is 2. The van der Waals surface area contributed by atoms with Crippen molar-refractivity contribution < 1.29 is 0 Å². The highest BCUT2D eigenvalue weighted by molar-refractivity contribution is 7.15. The first kappa shape index (κ1) is 10.6. The Balaban J connectivity index is 2.26. The Labute approximate surface area is 96.7 Å². The predicted molar refractivity (Wildman–Crippen MR) is 65.7 cm³/mol. The molecule has 0 atom stereocenters. The topological polar surface area (TPSA) is 103 Å². The number of rotatable bonds is 2. The summed E-state index contributed by atoms with van der Waals surface area (Å²) < 4.78 is 0. The zero-order valence-electron chi connectivity index (χ0n) is 8.98. The van der Waals surface area contributed by atoms with E-state index in [-0.39, 0.29) is 5.95 Å². The van der Waals surface area contributed by atoms with E-state index < -0.39 is 0 Å². The molecule has 2 aromatic rings. The second-order valence-electron chi connectivity index (χ2n) is 3.32. The van der Waals surface area contributed by atoms with Gasteiger partial charge in [0.15, 0.2) is 5.13 Å². The predicted octanol–water partition coefficient (Wildman–Crippen LogP) is 1.46. The molecule has 7 heteroatoms. The van der Waals surface area contributed by atoms with E-state index in [9.17, 15) is 0 Å². The van der Waals surface area contributed by atoms with Crippen molar-refractivity contribution in [2.45, 2.75) is 13.8 Å². The lowest BCUT2D eigenvalue weighted by Crippen LogP contribution is -2.02. The molecule has 0 aliphatic heterocycles. The third-order valence-electron chi connectivity index (χ3n) is 2.03. The van der Waals surface area contributed by atoms with Crippen LogP contribution in [0.25, 0.3) is 0 Å². The summed E-state index contributed by atoms with van der Waals surface area (Å²) in [4.78, 5) is 13.3. The first-order valence-electron chi connectivity index (χ1n) is 4.65. The Morgan fingerprint density at radius 3 is 2.50 bits per heavy atom. The highest BCUT2D eigenvalue weighted by Crippen LogP contribution is 2.24. The summed E-state index contributed by atoms with van der Waals surface area (Å²) in [5, 5.41) is 3.81. The quantitative estimate of drug-likeness (QED) is 0.729. The number of anilines is 4. The maximum atomic E-state index is 5.56. The van der Waals surface area contributed by atoms with Crippen molar-refractivity contribution in [3.63, 3.8) is 0 Å². The van der Waals surface area contributed by atoms with E-state index in [0.29, 0.717) is 11.6 Å². The van der Waals surface area contributed by atoms with E-state index >= 15 is 0 Å². The molecule has 0 aliphatic rings. The normalized spacial score (nSPS) is 10.4. The summed E-state index contributed by atoms with van der Waals surface area (Å²) in [6, 6.07) is 1.61. The molecule has 2 rings (SSSR count). The van der Waals surface area contributed by atoms with Gasteiger partial charge in [0.25, 0.3) is 0 Å². The molecule has 0 aliphatic carbocycles. The molecular formula is C9H12N6S. The van der Waals surface area contributed by atoms with Gasteiger partial charge in [0, 0.05) is 10.9 Å². The Morgan fingerprint density at radius 1 is 1.19 bits per heavy atom. The molecule has 2 aromatic heterocycles. The molecule has 0 saturated carbocycles. The number of nitrogens with one attached hydrogen (secondary N) is 1. The van der Waals surface area contributed by atoms with Crippen molar-refractivity contribution >= 4 is 34.1 Å². The van der Waals surface area contributed by atoms with E-state index in [0.717, 1.165) is 15.7 Å². The second-order valence-corrected chi connectivity index (χ2v) is 4.53. The van der Waals surface area contributed by atoms with Crippen LogP contribution in [0.3, 0.4) is 0 Å². The molecule has 5 N–H and O–H groups in total. The Kier molecular flexibility index (Phi) is 2.61. The summed E-state index contributed by atoms with van der Waals surface area (Å²) in [5.74, 6) is 1.03. The largest absolute Gasteiger partial charge is 0.383 e. The molecule has 6 nitrogen and oxygen atoms in total. The summed E-state index contributed by atoms with van der Waals surface area (Å²) in [6.07, 6.45) is 0. The number of thiazole rings is 1. The highest BCUT2D eigenvalue weighted by Gasteiger charge is 2.05. The van der Waals surface area contributed by atoms with Crippen molar-refractivity contribution in [1.29, 1.82) is 0 Å². The van der Waals surface area contributed by atoms with Gasteiger partial charge in [0.05, 0.1) is 5.69 Å². The van der Waals surface area contributed by atoms with E-state index in [2.05, 4.69) is 20.3 Å². The number of aryl methyl sites for hydroxylation is 2. The van der Waals surface area contributed by atoms with Crippen LogP contribution in [0.15, 0.2) is 6.07 Å². The number of hydrogen-bond donors (Lipinski definition) is 3. The average molecular weight is 236 g/mol. The van der Waals surface area contributed by atoms with Gasteiger partial charge in [-0.25, -0.2) is 4.98 Å². The van der Waals surface area contributed by atoms with Gasteiger partial charge in [-0.05, 0) is 13.8 Å². The summed E-state index contributed by atoms with van der Waals surface area (Å²) in [6.45, 7) is 3.97. The van der Waals surface area contributed by atoms with E-state index in [4.69, 9.17) is 11.5 Å². The van der Waals surface area contributed by atoms with Gasteiger partial charge in [-0.15, -0.1) is 11.3 Å². The SMILES string of the molecule is Cc1nc(Nc2cc(N)nc(N)n2)sc1C. The fourth-order valence-electron chi connectivity index (χ4n) is 1.19. The zero-order chi connectivity index (χ0) is 11.7. The van der Waals surface area contributed by atoms with Crippen molar-refractivity contribution in [2.24, 2.45) is 0 Å². The summed E-state index contributed by atoms with van der Waals surface area (Å²) >= 11 is 1.56. The second kappa shape index (κ2) is 3.93. The third-order valence-corrected chi connectivity index (χ3v) is 3.02. The minimum atomic E-state index is 0.146. The molecule has 2 heterocycles.